The second kappa shape index (κ2) is 19.9. The first-order chi connectivity index (χ1) is 29.7. The van der Waals surface area contributed by atoms with E-state index in [2.05, 4.69) is 177 Å². The van der Waals surface area contributed by atoms with Crippen LogP contribution in [0.1, 0.15) is 34.2 Å². The van der Waals surface area contributed by atoms with E-state index in [0.717, 1.165) is 11.0 Å². The van der Waals surface area contributed by atoms with Gasteiger partial charge in [0.2, 0.25) is 0 Å². The van der Waals surface area contributed by atoms with Crippen molar-refractivity contribution in [3.05, 3.63) is 181 Å². The van der Waals surface area contributed by atoms with Crippen molar-refractivity contribution in [1.82, 2.24) is 47.3 Å². The standard InChI is InChI=1S/C10H11N.4C9H10N2.C6H9N/c1-8-10-6-4-3-5-9(10)7-11(8)2;1-7-9-3-4-10-5-8(9)6-11(7)2;1-7-9-5-10-4-3-8(9)6-11(7)2;1-7-8-4-3-5-10-9(8)6-11(7)2;1-7-9-8(6-11(7)2)4-3-5-10-9;1-6-4-3-5-7(6)2/h3-7H,1-2H3;4*3-6H,1-2H3;3-5H,1-2H3. The van der Waals surface area contributed by atoms with Crippen LogP contribution in [0.4, 0.5) is 0 Å². The van der Waals surface area contributed by atoms with Crippen LogP contribution in [0.2, 0.25) is 0 Å². The van der Waals surface area contributed by atoms with Gasteiger partial charge in [0.25, 0.3) is 0 Å². The van der Waals surface area contributed by atoms with Gasteiger partial charge in [-0.1, -0.05) is 24.3 Å². The minimum absolute atomic E-state index is 1.08. The molecule has 0 unspecified atom stereocenters. The second-order valence-electron chi connectivity index (χ2n) is 15.8. The van der Waals surface area contributed by atoms with Gasteiger partial charge in [-0.05, 0) is 95.5 Å². The lowest BCUT2D eigenvalue weighted by Crippen LogP contribution is -1.86. The summed E-state index contributed by atoms with van der Waals surface area (Å²) in [4.78, 5) is 16.7. The summed E-state index contributed by atoms with van der Waals surface area (Å²) in [5, 5.41) is 10.2. The average molecular weight is 825 g/mol. The maximum absolute atomic E-state index is 4.28. The van der Waals surface area contributed by atoms with Gasteiger partial charge in [-0.25, -0.2) is 0 Å². The van der Waals surface area contributed by atoms with Crippen LogP contribution >= 0.6 is 0 Å². The van der Waals surface area contributed by atoms with E-state index in [4.69, 9.17) is 0 Å². The Kier molecular flexibility index (Phi) is 14.2. The van der Waals surface area contributed by atoms with Crippen molar-refractivity contribution in [1.29, 1.82) is 0 Å². The average Bonchev–Trinajstić information content (AvgIpc) is 4.10. The first-order valence-electron chi connectivity index (χ1n) is 20.8. The molecule has 11 aromatic rings. The van der Waals surface area contributed by atoms with Crippen LogP contribution in [-0.2, 0) is 42.3 Å². The highest BCUT2D eigenvalue weighted by atomic mass is 15.0. The quantitative estimate of drug-likeness (QED) is 0.153. The highest BCUT2D eigenvalue weighted by Gasteiger charge is 2.03. The van der Waals surface area contributed by atoms with Gasteiger partial charge in [0, 0.05) is 189 Å². The third-order valence-electron chi connectivity index (χ3n) is 11.7. The number of fused-ring (bicyclic) bond motifs is 5. The lowest BCUT2D eigenvalue weighted by molar-refractivity contribution is 0.882. The molecule has 0 saturated heterocycles. The molecule has 0 N–H and O–H groups in total. The molecular formula is C52H60N10. The van der Waals surface area contributed by atoms with Crippen molar-refractivity contribution in [3.63, 3.8) is 0 Å². The molecule has 0 amide bonds. The Morgan fingerprint density at radius 3 is 1.45 bits per heavy atom. The Morgan fingerprint density at radius 1 is 0.355 bits per heavy atom. The van der Waals surface area contributed by atoms with Gasteiger partial charge in [0.05, 0.1) is 11.0 Å². The zero-order valence-electron chi connectivity index (χ0n) is 38.3. The fraction of sp³-hybridized carbons (Fsp3) is 0.231. The summed E-state index contributed by atoms with van der Waals surface area (Å²) in [5.74, 6) is 0. The predicted molar refractivity (Wildman–Crippen MR) is 260 cm³/mol. The number of hydrogen-bond acceptors (Lipinski definition) is 4. The molecule has 0 bridgehead atoms. The molecule has 62 heavy (non-hydrogen) atoms. The van der Waals surface area contributed by atoms with E-state index in [1.807, 2.05) is 101 Å². The van der Waals surface area contributed by atoms with Crippen molar-refractivity contribution in [2.45, 2.75) is 41.5 Å². The first-order valence-corrected chi connectivity index (χ1v) is 20.8. The van der Waals surface area contributed by atoms with Crippen molar-refractivity contribution in [2.24, 2.45) is 42.3 Å². The van der Waals surface area contributed by atoms with Gasteiger partial charge in [-0.15, -0.1) is 0 Å². The summed E-state index contributed by atoms with van der Waals surface area (Å²) >= 11 is 0. The van der Waals surface area contributed by atoms with Crippen LogP contribution in [0.25, 0.3) is 54.1 Å². The van der Waals surface area contributed by atoms with E-state index in [1.165, 1.54) is 77.3 Å². The zero-order valence-corrected chi connectivity index (χ0v) is 38.3. The summed E-state index contributed by atoms with van der Waals surface area (Å²) in [6, 6.07) is 24.7. The second-order valence-corrected chi connectivity index (χ2v) is 15.8. The minimum atomic E-state index is 1.08. The predicted octanol–water partition coefficient (Wildman–Crippen LogP) is 11.3. The lowest BCUT2D eigenvalue weighted by Gasteiger charge is -1.92. The van der Waals surface area contributed by atoms with Crippen LogP contribution < -0.4 is 0 Å². The number of aromatic nitrogens is 10. The third kappa shape index (κ3) is 10.2. The van der Waals surface area contributed by atoms with Gasteiger partial charge in [0.15, 0.2) is 0 Å². The summed E-state index contributed by atoms with van der Waals surface area (Å²) < 4.78 is 12.7. The number of pyridine rings is 4. The SMILES string of the molecule is Cc1c2ccccc2cn1C.Cc1c2cccnc2cn1C.Cc1c2ccncc2cn1C.Cc1c2cnccc2cn1C.Cc1c2ncccc2cn1C.Cc1cccn1C. The Morgan fingerprint density at radius 2 is 0.855 bits per heavy atom. The molecule has 0 fully saturated rings. The molecule has 0 saturated carbocycles. The van der Waals surface area contributed by atoms with E-state index in [-0.39, 0.29) is 0 Å². The molecule has 10 nitrogen and oxygen atoms in total. The molecule has 1 aromatic carbocycles. The molecule has 0 aliphatic heterocycles. The molecule has 10 heterocycles. The molecular weight excluding hydrogens is 765 g/mol. The molecule has 10 heteroatoms. The van der Waals surface area contributed by atoms with Gasteiger partial charge in [-0.2, -0.15) is 0 Å². The molecule has 0 aliphatic rings. The van der Waals surface area contributed by atoms with Gasteiger partial charge < -0.3 is 27.4 Å². The molecule has 0 aliphatic carbocycles. The van der Waals surface area contributed by atoms with Crippen LogP contribution in [0, 0.1) is 41.5 Å². The number of nitrogens with zero attached hydrogens (tertiary/aromatic N) is 10. The highest BCUT2D eigenvalue weighted by molar-refractivity contribution is 5.86. The highest BCUT2D eigenvalue weighted by Crippen LogP contribution is 2.20. The maximum Gasteiger partial charge on any atom is 0.0908 e. The fourth-order valence-corrected chi connectivity index (χ4v) is 7.22. The van der Waals surface area contributed by atoms with Gasteiger partial charge >= 0.3 is 0 Å². The van der Waals surface area contributed by atoms with Crippen LogP contribution in [-0.4, -0.2) is 47.3 Å². The van der Waals surface area contributed by atoms with Crippen LogP contribution in [0.5, 0.6) is 0 Å². The number of aryl methyl sites for hydroxylation is 12. The normalized spacial score (nSPS) is 10.6. The Labute approximate surface area is 365 Å². The first kappa shape index (κ1) is 44.4. The topological polar surface area (TPSA) is 81.1 Å². The summed E-state index contributed by atoms with van der Waals surface area (Å²) in [7, 11) is 12.3. The smallest absolute Gasteiger partial charge is 0.0908 e. The summed E-state index contributed by atoms with van der Waals surface area (Å²) in [6.07, 6.45) is 23.6. The zero-order chi connectivity index (χ0) is 44.5. The molecule has 0 radical (unpaired) electrons. The largest absolute Gasteiger partial charge is 0.355 e. The molecule has 318 valence electrons. The van der Waals surface area contributed by atoms with Crippen LogP contribution in [0.3, 0.4) is 0 Å². The maximum atomic E-state index is 4.28. The summed E-state index contributed by atoms with van der Waals surface area (Å²) in [6.45, 7) is 12.6. The van der Waals surface area contributed by atoms with Gasteiger partial charge in [0.1, 0.15) is 0 Å². The van der Waals surface area contributed by atoms with E-state index in [1.54, 1.807) is 0 Å². The number of benzene rings is 1. The molecule has 0 spiro atoms. The molecule has 10 aromatic heterocycles. The third-order valence-corrected chi connectivity index (χ3v) is 11.7. The van der Waals surface area contributed by atoms with Crippen molar-refractivity contribution >= 4 is 54.1 Å². The Balaban J connectivity index is 0.000000125. The van der Waals surface area contributed by atoms with Crippen molar-refractivity contribution in [2.75, 3.05) is 0 Å². The molecule has 11 rings (SSSR count). The minimum Gasteiger partial charge on any atom is -0.355 e. The van der Waals surface area contributed by atoms with E-state index in [9.17, 15) is 0 Å². The monoisotopic (exact) mass is 825 g/mol. The van der Waals surface area contributed by atoms with E-state index < -0.39 is 0 Å². The van der Waals surface area contributed by atoms with E-state index in [0.29, 0.717) is 0 Å². The Hall–Kier alpha value is -7.20. The molecule has 0 atom stereocenters. The van der Waals surface area contributed by atoms with Crippen molar-refractivity contribution < 1.29 is 0 Å². The number of hydrogen-bond donors (Lipinski definition) is 0. The van der Waals surface area contributed by atoms with Gasteiger partial charge in [-0.3, -0.25) is 19.9 Å². The van der Waals surface area contributed by atoms with E-state index >= 15 is 0 Å². The summed E-state index contributed by atoms with van der Waals surface area (Å²) in [5.41, 5.74) is 9.88. The Bertz CT molecular complexity index is 2710. The van der Waals surface area contributed by atoms with Crippen LogP contribution in [0.15, 0.2) is 147 Å². The van der Waals surface area contributed by atoms with Crippen molar-refractivity contribution in [3.8, 4) is 0 Å². The lowest BCUT2D eigenvalue weighted by atomic mass is 10.2. The fourth-order valence-electron chi connectivity index (χ4n) is 7.22. The number of rotatable bonds is 0.